The molecule has 1 aliphatic rings. The third-order valence-electron chi connectivity index (χ3n) is 2.94. The van der Waals surface area contributed by atoms with Gasteiger partial charge in [-0.2, -0.15) is 0 Å². The molecule has 1 unspecified atom stereocenters. The number of sulfonamides is 1. The first-order valence-electron chi connectivity index (χ1n) is 6.05. The fraction of sp³-hybridized carbons (Fsp3) is 0.417. The van der Waals surface area contributed by atoms with Crippen LogP contribution in [0.2, 0.25) is 0 Å². The van der Waals surface area contributed by atoms with Crippen LogP contribution in [0.1, 0.15) is 6.42 Å². The lowest BCUT2D eigenvalue weighted by Gasteiger charge is -2.09. The lowest BCUT2D eigenvalue weighted by molar-refractivity contribution is 0.131. The minimum absolute atomic E-state index is 0.000523. The molecule has 2 rings (SSSR count). The summed E-state index contributed by atoms with van der Waals surface area (Å²) in [6, 6.07) is 4.56. The molecule has 1 amide bonds. The van der Waals surface area contributed by atoms with Crippen molar-refractivity contribution in [2.45, 2.75) is 17.4 Å². The smallest absolute Gasteiger partial charge is 0.409 e. The van der Waals surface area contributed by atoms with Crippen molar-refractivity contribution >= 4 is 16.1 Å². The zero-order valence-corrected chi connectivity index (χ0v) is 11.7. The van der Waals surface area contributed by atoms with Crippen LogP contribution in [0.4, 0.5) is 9.18 Å². The second kappa shape index (κ2) is 5.76. The van der Waals surface area contributed by atoms with Crippen LogP contribution in [-0.4, -0.2) is 45.7 Å². The molecule has 1 fully saturated rings. The maximum absolute atomic E-state index is 12.7. The first-order valence-corrected chi connectivity index (χ1v) is 7.54. The Labute approximate surface area is 116 Å². The predicted octanol–water partition coefficient (Wildman–Crippen LogP) is 0.945. The molecule has 0 saturated carbocycles. The van der Waals surface area contributed by atoms with E-state index in [1.165, 1.54) is 17.0 Å². The van der Waals surface area contributed by atoms with E-state index in [2.05, 4.69) is 4.72 Å². The highest BCUT2D eigenvalue weighted by Crippen LogP contribution is 2.13. The number of carbonyl (C=O) groups excluding carboxylic acids is 1. The number of nitrogens with zero attached hydrogens (tertiary/aromatic N) is 1. The van der Waals surface area contributed by atoms with Crippen molar-refractivity contribution < 1.29 is 22.3 Å². The van der Waals surface area contributed by atoms with E-state index in [-0.39, 0.29) is 17.5 Å². The van der Waals surface area contributed by atoms with Crippen LogP contribution in [0.25, 0.3) is 0 Å². The normalized spacial score (nSPS) is 19.2. The van der Waals surface area contributed by atoms with Crippen LogP contribution in [0.5, 0.6) is 0 Å². The van der Waals surface area contributed by atoms with Crippen molar-refractivity contribution in [3.63, 3.8) is 0 Å². The number of cyclic esters (lactones) is 1. The number of rotatable bonds is 5. The average molecular weight is 302 g/mol. The van der Waals surface area contributed by atoms with Gasteiger partial charge in [0.25, 0.3) is 0 Å². The van der Waals surface area contributed by atoms with Gasteiger partial charge in [0.1, 0.15) is 11.9 Å². The summed E-state index contributed by atoms with van der Waals surface area (Å²) >= 11 is 0. The summed E-state index contributed by atoms with van der Waals surface area (Å²) in [5, 5.41) is 0. The van der Waals surface area contributed by atoms with Gasteiger partial charge >= 0.3 is 6.09 Å². The molecular formula is C12H15FN2O4S. The molecule has 110 valence electrons. The number of amides is 1. The van der Waals surface area contributed by atoms with Crippen LogP contribution in [0, 0.1) is 5.82 Å². The van der Waals surface area contributed by atoms with Crippen LogP contribution in [0.3, 0.4) is 0 Å². The third-order valence-corrected chi connectivity index (χ3v) is 4.42. The number of nitrogens with one attached hydrogen (secondary N) is 1. The summed E-state index contributed by atoms with van der Waals surface area (Å²) in [6.07, 6.45) is -0.337. The number of halogens is 1. The lowest BCUT2D eigenvalue weighted by Crippen LogP contribution is -2.28. The Bertz CT molecular complexity index is 588. The fourth-order valence-electron chi connectivity index (χ4n) is 1.85. The highest BCUT2D eigenvalue weighted by Gasteiger charge is 2.28. The van der Waals surface area contributed by atoms with Gasteiger partial charge in [0, 0.05) is 13.6 Å². The van der Waals surface area contributed by atoms with E-state index in [0.29, 0.717) is 13.0 Å². The number of hydrogen-bond acceptors (Lipinski definition) is 4. The van der Waals surface area contributed by atoms with Gasteiger partial charge in [-0.25, -0.2) is 22.3 Å². The molecule has 0 bridgehead atoms. The molecule has 1 saturated heterocycles. The Morgan fingerprint density at radius 3 is 2.60 bits per heavy atom. The topological polar surface area (TPSA) is 75.7 Å². The van der Waals surface area contributed by atoms with E-state index in [9.17, 15) is 17.6 Å². The molecule has 1 heterocycles. The van der Waals surface area contributed by atoms with Crippen molar-refractivity contribution in [1.29, 1.82) is 0 Å². The largest absolute Gasteiger partial charge is 0.444 e. The second-order valence-electron chi connectivity index (χ2n) is 4.53. The number of carbonyl (C=O) groups is 1. The Balaban J connectivity index is 1.87. The van der Waals surface area contributed by atoms with Gasteiger partial charge in [0.15, 0.2) is 0 Å². The summed E-state index contributed by atoms with van der Waals surface area (Å²) in [6.45, 7) is 0.586. The number of likely N-dealkylation sites (N-methyl/N-ethyl adjacent to an activating group) is 1. The first kappa shape index (κ1) is 14.7. The van der Waals surface area contributed by atoms with Crippen molar-refractivity contribution in [1.82, 2.24) is 9.62 Å². The SMILES string of the molecule is CN1CC(CCNS(=O)(=O)c2ccc(F)cc2)OC1=O. The summed E-state index contributed by atoms with van der Waals surface area (Å²) < 4.78 is 43.9. The molecule has 0 spiro atoms. The zero-order valence-electron chi connectivity index (χ0n) is 10.9. The highest BCUT2D eigenvalue weighted by molar-refractivity contribution is 7.89. The van der Waals surface area contributed by atoms with Gasteiger partial charge in [-0.3, -0.25) is 0 Å². The molecular weight excluding hydrogens is 287 g/mol. The summed E-state index contributed by atoms with van der Waals surface area (Å²) in [5.41, 5.74) is 0. The molecule has 6 nitrogen and oxygen atoms in total. The molecule has 20 heavy (non-hydrogen) atoms. The Kier molecular flexibility index (Phi) is 4.24. The first-order chi connectivity index (χ1) is 9.38. The minimum Gasteiger partial charge on any atom is -0.444 e. The Morgan fingerprint density at radius 1 is 1.40 bits per heavy atom. The van der Waals surface area contributed by atoms with Gasteiger partial charge < -0.3 is 9.64 Å². The molecule has 1 atom stereocenters. The lowest BCUT2D eigenvalue weighted by atomic mass is 10.2. The van der Waals surface area contributed by atoms with E-state index in [0.717, 1.165) is 12.1 Å². The van der Waals surface area contributed by atoms with E-state index < -0.39 is 21.9 Å². The summed E-state index contributed by atoms with van der Waals surface area (Å²) in [4.78, 5) is 12.6. The van der Waals surface area contributed by atoms with Crippen LogP contribution >= 0.6 is 0 Å². The molecule has 0 aromatic heterocycles. The molecule has 1 N–H and O–H groups in total. The van der Waals surface area contributed by atoms with Crippen molar-refractivity contribution in [3.8, 4) is 0 Å². The Morgan fingerprint density at radius 2 is 2.05 bits per heavy atom. The number of ether oxygens (including phenoxy) is 1. The third kappa shape index (κ3) is 3.45. The molecule has 1 aliphatic heterocycles. The predicted molar refractivity (Wildman–Crippen MR) is 69.1 cm³/mol. The van der Waals surface area contributed by atoms with E-state index in [1.807, 2.05) is 0 Å². The average Bonchev–Trinajstić information content (AvgIpc) is 2.69. The quantitative estimate of drug-likeness (QED) is 0.878. The second-order valence-corrected chi connectivity index (χ2v) is 6.29. The van der Waals surface area contributed by atoms with Crippen LogP contribution in [0.15, 0.2) is 29.2 Å². The molecule has 1 aromatic rings. The molecule has 8 heteroatoms. The maximum atomic E-state index is 12.7. The van der Waals surface area contributed by atoms with Crippen molar-refractivity contribution in [2.24, 2.45) is 0 Å². The minimum atomic E-state index is -3.67. The van der Waals surface area contributed by atoms with Gasteiger partial charge in [0.2, 0.25) is 10.0 Å². The Hall–Kier alpha value is -1.67. The molecule has 0 aliphatic carbocycles. The van der Waals surface area contributed by atoms with Gasteiger partial charge in [-0.15, -0.1) is 0 Å². The van der Waals surface area contributed by atoms with Crippen LogP contribution < -0.4 is 4.72 Å². The molecule has 1 aromatic carbocycles. The van der Waals surface area contributed by atoms with E-state index >= 15 is 0 Å². The summed E-state index contributed by atoms with van der Waals surface area (Å²) in [5.74, 6) is -0.496. The number of hydrogen-bond donors (Lipinski definition) is 1. The van der Waals surface area contributed by atoms with Crippen LogP contribution in [-0.2, 0) is 14.8 Å². The van der Waals surface area contributed by atoms with Crippen molar-refractivity contribution in [3.05, 3.63) is 30.1 Å². The fourth-order valence-corrected chi connectivity index (χ4v) is 2.90. The molecule has 0 radical (unpaired) electrons. The number of benzene rings is 1. The summed E-state index contributed by atoms with van der Waals surface area (Å²) in [7, 11) is -2.05. The highest BCUT2D eigenvalue weighted by atomic mass is 32.2. The van der Waals surface area contributed by atoms with Gasteiger partial charge in [-0.1, -0.05) is 0 Å². The van der Waals surface area contributed by atoms with Gasteiger partial charge in [-0.05, 0) is 30.7 Å². The van der Waals surface area contributed by atoms with Crippen molar-refractivity contribution in [2.75, 3.05) is 20.1 Å². The standard InChI is InChI=1S/C12H15FN2O4S/c1-15-8-10(19-12(15)16)6-7-14-20(17,18)11-4-2-9(13)3-5-11/h2-5,10,14H,6-8H2,1H3. The zero-order chi connectivity index (χ0) is 14.8. The van der Waals surface area contributed by atoms with Gasteiger partial charge in [0.05, 0.1) is 11.4 Å². The van der Waals surface area contributed by atoms with E-state index in [4.69, 9.17) is 4.74 Å². The van der Waals surface area contributed by atoms with E-state index in [1.54, 1.807) is 7.05 Å². The monoisotopic (exact) mass is 302 g/mol. The maximum Gasteiger partial charge on any atom is 0.409 e.